The minimum atomic E-state index is -0.894. The van der Waals surface area contributed by atoms with Crippen molar-refractivity contribution in [2.24, 2.45) is 5.92 Å². The van der Waals surface area contributed by atoms with E-state index < -0.39 is 35.1 Å². The lowest BCUT2D eigenvalue weighted by Crippen LogP contribution is -2.48. The molecule has 10 heteroatoms. The second-order valence-corrected chi connectivity index (χ2v) is 12.3. The van der Waals surface area contributed by atoms with Crippen molar-refractivity contribution in [1.29, 1.82) is 0 Å². The fourth-order valence-electron chi connectivity index (χ4n) is 3.75. The van der Waals surface area contributed by atoms with Crippen LogP contribution < -0.4 is 5.32 Å². The Hall–Kier alpha value is -2.10. The summed E-state index contributed by atoms with van der Waals surface area (Å²) in [6.07, 6.45) is 3.29. The first-order valence-electron chi connectivity index (χ1n) is 12.4. The van der Waals surface area contributed by atoms with Crippen LogP contribution in [0.2, 0.25) is 0 Å². The number of carbonyl (C=O) groups excluding carboxylic acids is 3. The predicted molar refractivity (Wildman–Crippen MR) is 153 cm³/mol. The standard InChI is InChI=1S/C27H37ClN2O5S2/c1-18(2)23(29-25(33)35-27(3,4)5)24(32)34-21(12-9-13-22(28)31)14-15-30-20(17-37-26(30)36)16-19-10-7-6-8-11-19/h6-12,18,20-21,23H,13-17H2,1-5H3,(H,29,33)/b12-9+/t20-,21?,23?/m1/s1. The third-order valence-corrected chi connectivity index (χ3v) is 7.31. The minimum absolute atomic E-state index is 0.0218. The van der Waals surface area contributed by atoms with Gasteiger partial charge in [0.15, 0.2) is 0 Å². The van der Waals surface area contributed by atoms with Gasteiger partial charge in [-0.2, -0.15) is 0 Å². The Morgan fingerprint density at radius 1 is 1.24 bits per heavy atom. The molecular weight excluding hydrogens is 532 g/mol. The number of ether oxygens (including phenoxy) is 2. The molecule has 1 aliphatic rings. The first-order valence-corrected chi connectivity index (χ1v) is 14.1. The zero-order chi connectivity index (χ0) is 27.6. The smallest absolute Gasteiger partial charge is 0.408 e. The van der Waals surface area contributed by atoms with Crippen LogP contribution in [0.25, 0.3) is 0 Å². The Balaban J connectivity index is 2.09. The molecule has 204 valence electrons. The number of allylic oxidation sites excluding steroid dienone is 1. The number of rotatable bonds is 12. The van der Waals surface area contributed by atoms with Gasteiger partial charge in [0.1, 0.15) is 22.1 Å². The van der Waals surface area contributed by atoms with Crippen LogP contribution in [0, 0.1) is 5.92 Å². The SMILES string of the molecule is CC(C)C(NC(=O)OC(C)(C)C)C(=O)OC(/C=C/CC(=O)Cl)CCN1C(=S)SC[C@H]1Cc1ccccc1. The largest absolute Gasteiger partial charge is 0.457 e. The van der Waals surface area contributed by atoms with Gasteiger partial charge in [-0.15, -0.1) is 0 Å². The van der Waals surface area contributed by atoms with Crippen LogP contribution >= 0.6 is 35.6 Å². The molecule has 1 aromatic rings. The molecule has 0 aliphatic carbocycles. The van der Waals surface area contributed by atoms with Crippen LogP contribution in [0.3, 0.4) is 0 Å². The molecule has 0 aromatic heterocycles. The maximum absolute atomic E-state index is 13.1. The van der Waals surface area contributed by atoms with E-state index in [1.54, 1.807) is 44.7 Å². The second-order valence-electron chi connectivity index (χ2n) is 10.2. The highest BCUT2D eigenvalue weighted by molar-refractivity contribution is 8.23. The average molecular weight is 569 g/mol. The van der Waals surface area contributed by atoms with Crippen molar-refractivity contribution < 1.29 is 23.9 Å². The number of hydrogen-bond donors (Lipinski definition) is 1. The van der Waals surface area contributed by atoms with E-state index >= 15 is 0 Å². The number of amides is 1. The van der Waals surface area contributed by atoms with Crippen LogP contribution in [0.5, 0.6) is 0 Å². The molecule has 1 heterocycles. The van der Waals surface area contributed by atoms with E-state index in [1.807, 2.05) is 32.0 Å². The first kappa shape index (κ1) is 31.1. The van der Waals surface area contributed by atoms with E-state index in [4.69, 9.17) is 33.3 Å². The number of nitrogens with zero attached hydrogens (tertiary/aromatic N) is 1. The number of hydrogen-bond acceptors (Lipinski definition) is 7. The number of nitrogens with one attached hydrogen (secondary N) is 1. The third kappa shape index (κ3) is 11.4. The van der Waals surface area contributed by atoms with Crippen LogP contribution in [0.15, 0.2) is 42.5 Å². The molecule has 3 atom stereocenters. The van der Waals surface area contributed by atoms with Crippen molar-refractivity contribution in [3.8, 4) is 0 Å². The Labute approximate surface area is 234 Å². The second kappa shape index (κ2) is 14.7. The van der Waals surface area contributed by atoms with Crippen molar-refractivity contribution in [2.45, 2.75) is 77.7 Å². The van der Waals surface area contributed by atoms with Crippen LogP contribution in [0.1, 0.15) is 53.0 Å². The van der Waals surface area contributed by atoms with Crippen LogP contribution in [0.4, 0.5) is 4.79 Å². The van der Waals surface area contributed by atoms with Gasteiger partial charge in [-0.3, -0.25) is 4.79 Å². The summed E-state index contributed by atoms with van der Waals surface area (Å²) >= 11 is 12.7. The number of halogens is 1. The molecule has 2 rings (SSSR count). The topological polar surface area (TPSA) is 84.9 Å². The van der Waals surface area contributed by atoms with Crippen molar-refractivity contribution in [1.82, 2.24) is 10.2 Å². The molecule has 37 heavy (non-hydrogen) atoms. The molecule has 2 unspecified atom stereocenters. The van der Waals surface area contributed by atoms with Gasteiger partial charge < -0.3 is 19.7 Å². The Kier molecular flexibility index (Phi) is 12.4. The normalized spacial score (nSPS) is 17.6. The van der Waals surface area contributed by atoms with Crippen molar-refractivity contribution >= 4 is 57.2 Å². The lowest BCUT2D eigenvalue weighted by Gasteiger charge is -2.28. The number of esters is 1. The number of benzene rings is 1. The number of alkyl carbamates (subject to hydrolysis) is 1. The Bertz CT molecular complexity index is 965. The molecule has 1 saturated heterocycles. The molecule has 1 aromatic carbocycles. The van der Waals surface area contributed by atoms with Crippen LogP contribution in [-0.4, -0.2) is 62.6 Å². The summed E-state index contributed by atoms with van der Waals surface area (Å²) in [4.78, 5) is 38.8. The van der Waals surface area contributed by atoms with E-state index in [0.717, 1.165) is 16.5 Å². The lowest BCUT2D eigenvalue weighted by molar-refractivity contribution is -0.151. The summed E-state index contributed by atoms with van der Waals surface area (Å²) in [5.74, 6) is 0.0862. The highest BCUT2D eigenvalue weighted by atomic mass is 35.5. The summed E-state index contributed by atoms with van der Waals surface area (Å²) in [5.41, 5.74) is 0.538. The quantitative estimate of drug-likeness (QED) is 0.153. The number of thioether (sulfide) groups is 1. The maximum atomic E-state index is 13.1. The molecule has 1 aliphatic heterocycles. The first-order chi connectivity index (χ1) is 17.4. The summed E-state index contributed by atoms with van der Waals surface area (Å²) < 4.78 is 11.9. The molecule has 0 bridgehead atoms. The van der Waals surface area contributed by atoms with Gasteiger partial charge in [-0.05, 0) is 56.4 Å². The van der Waals surface area contributed by atoms with Crippen LogP contribution in [-0.2, 0) is 25.5 Å². The molecule has 7 nitrogen and oxygen atoms in total. The number of thiocarbonyl (C=S) groups is 1. The summed E-state index contributed by atoms with van der Waals surface area (Å²) in [5, 5.41) is 2.12. The molecule has 0 spiro atoms. The van der Waals surface area contributed by atoms with Gasteiger partial charge in [0.05, 0.1) is 0 Å². The van der Waals surface area contributed by atoms with E-state index in [1.165, 1.54) is 5.56 Å². The fraction of sp³-hybridized carbons (Fsp3) is 0.556. The van der Waals surface area contributed by atoms with E-state index in [9.17, 15) is 14.4 Å². The van der Waals surface area contributed by atoms with E-state index in [0.29, 0.717) is 13.0 Å². The van der Waals surface area contributed by atoms with Gasteiger partial charge in [0.2, 0.25) is 5.24 Å². The van der Waals surface area contributed by atoms with Crippen molar-refractivity contribution in [3.05, 3.63) is 48.0 Å². The molecule has 1 N–H and O–H groups in total. The van der Waals surface area contributed by atoms with Gasteiger partial charge in [0.25, 0.3) is 0 Å². The Morgan fingerprint density at radius 2 is 1.92 bits per heavy atom. The van der Waals surface area contributed by atoms with Gasteiger partial charge in [-0.25, -0.2) is 9.59 Å². The molecule has 0 radical (unpaired) electrons. The zero-order valence-corrected chi connectivity index (χ0v) is 24.5. The lowest BCUT2D eigenvalue weighted by atomic mass is 10.0. The summed E-state index contributed by atoms with van der Waals surface area (Å²) in [7, 11) is 0. The molecule has 1 fully saturated rings. The van der Waals surface area contributed by atoms with Gasteiger partial charge in [-0.1, -0.05) is 74.2 Å². The molecular formula is C27H37ClN2O5S2. The summed E-state index contributed by atoms with van der Waals surface area (Å²) in [6, 6.07) is 9.59. The minimum Gasteiger partial charge on any atom is -0.457 e. The zero-order valence-electron chi connectivity index (χ0n) is 22.1. The fourth-order valence-corrected chi connectivity index (χ4v) is 5.32. The van der Waals surface area contributed by atoms with Gasteiger partial charge in [0, 0.05) is 31.2 Å². The molecule has 1 amide bonds. The Morgan fingerprint density at radius 3 is 2.51 bits per heavy atom. The van der Waals surface area contributed by atoms with Crippen molar-refractivity contribution in [2.75, 3.05) is 12.3 Å². The summed E-state index contributed by atoms with van der Waals surface area (Å²) in [6.45, 7) is 9.45. The van der Waals surface area contributed by atoms with E-state index in [-0.39, 0.29) is 18.4 Å². The third-order valence-electron chi connectivity index (χ3n) is 5.53. The van der Waals surface area contributed by atoms with Gasteiger partial charge >= 0.3 is 12.1 Å². The average Bonchev–Trinajstić information content (AvgIpc) is 3.13. The molecule has 0 saturated carbocycles. The maximum Gasteiger partial charge on any atom is 0.408 e. The predicted octanol–water partition coefficient (Wildman–Crippen LogP) is 5.49. The highest BCUT2D eigenvalue weighted by Crippen LogP contribution is 2.27. The van der Waals surface area contributed by atoms with E-state index in [2.05, 4.69) is 22.3 Å². The van der Waals surface area contributed by atoms with Crippen molar-refractivity contribution in [3.63, 3.8) is 0 Å². The monoisotopic (exact) mass is 568 g/mol. The highest BCUT2D eigenvalue weighted by Gasteiger charge is 2.32. The number of carbonyl (C=O) groups is 3.